The van der Waals surface area contributed by atoms with Crippen LogP contribution in [0.15, 0.2) is 4.99 Å². The van der Waals surface area contributed by atoms with Crippen molar-refractivity contribution in [2.24, 2.45) is 22.6 Å². The maximum absolute atomic E-state index is 5.54. The van der Waals surface area contributed by atoms with Gasteiger partial charge in [0, 0.05) is 13.1 Å². The Kier molecular flexibility index (Phi) is 5.67. The molecule has 1 rings (SSSR count). The van der Waals surface area contributed by atoms with Crippen molar-refractivity contribution in [1.29, 1.82) is 0 Å². The Bertz CT molecular complexity index is 174. The number of hydrogen-bond acceptors (Lipinski definition) is 1. The maximum atomic E-state index is 5.54. The first-order valence-corrected chi connectivity index (χ1v) is 4.62. The van der Waals surface area contributed by atoms with Crippen molar-refractivity contribution in [2.75, 3.05) is 7.05 Å². The highest BCUT2D eigenvalue weighted by atomic mass is 127. The molecule has 0 aromatic carbocycles. The number of rotatable bonds is 2. The number of halogens is 1. The normalized spacial score (nSPS) is 27.8. The Labute approximate surface area is 97.6 Å². The molecule has 1 aliphatic rings. The van der Waals surface area contributed by atoms with Gasteiger partial charge < -0.3 is 11.1 Å². The number of nitrogens with zero attached hydrogens (tertiary/aromatic N) is 1. The van der Waals surface area contributed by atoms with Crippen LogP contribution in [0.25, 0.3) is 0 Å². The Morgan fingerprint density at radius 3 is 2.38 bits per heavy atom. The highest BCUT2D eigenvalue weighted by molar-refractivity contribution is 14.0. The summed E-state index contributed by atoms with van der Waals surface area (Å²) in [6.45, 7) is 4.55. The van der Waals surface area contributed by atoms with Crippen LogP contribution >= 0.6 is 24.0 Å². The first-order chi connectivity index (χ1) is 5.63. The van der Waals surface area contributed by atoms with Gasteiger partial charge in [0.25, 0.3) is 0 Å². The lowest BCUT2D eigenvalue weighted by Crippen LogP contribution is -2.48. The Morgan fingerprint density at radius 1 is 1.46 bits per heavy atom. The van der Waals surface area contributed by atoms with Crippen molar-refractivity contribution in [3.63, 3.8) is 0 Å². The van der Waals surface area contributed by atoms with Gasteiger partial charge in [0.2, 0.25) is 0 Å². The van der Waals surface area contributed by atoms with Gasteiger partial charge in [-0.3, -0.25) is 4.99 Å². The lowest BCUT2D eigenvalue weighted by Gasteiger charge is -2.38. The first kappa shape index (κ1) is 13.0. The molecule has 1 saturated carbocycles. The second-order valence-electron chi connectivity index (χ2n) is 3.93. The van der Waals surface area contributed by atoms with E-state index in [0.29, 0.717) is 12.0 Å². The minimum atomic E-state index is 0. The Morgan fingerprint density at radius 2 is 2.00 bits per heavy atom. The molecule has 0 atom stereocenters. The SMILES string of the molecule is CN=C(N)NC1CC(C(C)C)C1.I. The molecular formula is C9H20IN3. The second kappa shape index (κ2) is 5.67. The molecule has 0 aromatic heterocycles. The molecule has 1 aliphatic carbocycles. The predicted molar refractivity (Wildman–Crippen MR) is 67.4 cm³/mol. The molecule has 0 bridgehead atoms. The van der Waals surface area contributed by atoms with Crippen LogP contribution in [0.1, 0.15) is 26.7 Å². The number of hydrogen-bond donors (Lipinski definition) is 2. The topological polar surface area (TPSA) is 50.4 Å². The molecule has 0 aliphatic heterocycles. The molecule has 0 heterocycles. The van der Waals surface area contributed by atoms with E-state index in [1.807, 2.05) is 0 Å². The smallest absolute Gasteiger partial charge is 0.188 e. The van der Waals surface area contributed by atoms with Crippen LogP contribution in [0.4, 0.5) is 0 Å². The molecule has 0 saturated heterocycles. The van der Waals surface area contributed by atoms with Crippen molar-refractivity contribution in [2.45, 2.75) is 32.7 Å². The molecule has 13 heavy (non-hydrogen) atoms. The zero-order chi connectivity index (χ0) is 9.14. The number of nitrogens with two attached hydrogens (primary N) is 1. The van der Waals surface area contributed by atoms with Crippen molar-refractivity contribution in [1.82, 2.24) is 5.32 Å². The van der Waals surface area contributed by atoms with Gasteiger partial charge in [0.05, 0.1) is 0 Å². The van der Waals surface area contributed by atoms with E-state index in [2.05, 4.69) is 24.2 Å². The fourth-order valence-electron chi connectivity index (χ4n) is 1.60. The Hall–Kier alpha value is 0. The monoisotopic (exact) mass is 297 g/mol. The standard InChI is InChI=1S/C9H19N3.HI/c1-6(2)7-4-8(5-7)12-9(10)11-3;/h6-8H,4-5H2,1-3H3,(H3,10,11,12);1H. The third kappa shape index (κ3) is 3.70. The molecule has 0 aromatic rings. The molecule has 3 nitrogen and oxygen atoms in total. The van der Waals surface area contributed by atoms with Crippen LogP contribution in [0.5, 0.6) is 0 Å². The molecule has 3 N–H and O–H groups in total. The van der Waals surface area contributed by atoms with Gasteiger partial charge in [-0.15, -0.1) is 24.0 Å². The zero-order valence-electron chi connectivity index (χ0n) is 8.58. The minimum absolute atomic E-state index is 0. The van der Waals surface area contributed by atoms with Crippen molar-refractivity contribution < 1.29 is 0 Å². The van der Waals surface area contributed by atoms with Crippen LogP contribution in [0, 0.1) is 11.8 Å². The van der Waals surface area contributed by atoms with Gasteiger partial charge in [0.1, 0.15) is 0 Å². The van der Waals surface area contributed by atoms with E-state index in [0.717, 1.165) is 11.8 Å². The first-order valence-electron chi connectivity index (χ1n) is 4.62. The lowest BCUT2D eigenvalue weighted by atomic mass is 9.74. The predicted octanol–water partition coefficient (Wildman–Crippen LogP) is 1.57. The van der Waals surface area contributed by atoms with Gasteiger partial charge in [0.15, 0.2) is 5.96 Å². The van der Waals surface area contributed by atoms with Crippen molar-refractivity contribution >= 4 is 29.9 Å². The van der Waals surface area contributed by atoms with E-state index in [-0.39, 0.29) is 24.0 Å². The van der Waals surface area contributed by atoms with Gasteiger partial charge >= 0.3 is 0 Å². The molecule has 0 radical (unpaired) electrons. The van der Waals surface area contributed by atoms with Crippen LogP contribution in [-0.2, 0) is 0 Å². The molecular weight excluding hydrogens is 277 g/mol. The molecule has 0 amide bonds. The summed E-state index contributed by atoms with van der Waals surface area (Å²) in [4.78, 5) is 3.86. The van der Waals surface area contributed by atoms with Gasteiger partial charge in [-0.05, 0) is 24.7 Å². The van der Waals surface area contributed by atoms with E-state index in [4.69, 9.17) is 5.73 Å². The molecule has 1 fully saturated rings. The summed E-state index contributed by atoms with van der Waals surface area (Å²) in [7, 11) is 1.71. The summed E-state index contributed by atoms with van der Waals surface area (Å²) in [6.07, 6.45) is 2.49. The Balaban J connectivity index is 0.00000144. The summed E-state index contributed by atoms with van der Waals surface area (Å²) in [6, 6.07) is 0.570. The second-order valence-corrected chi connectivity index (χ2v) is 3.93. The lowest BCUT2D eigenvalue weighted by molar-refractivity contribution is 0.184. The largest absolute Gasteiger partial charge is 0.370 e. The van der Waals surface area contributed by atoms with Crippen LogP contribution < -0.4 is 11.1 Å². The third-order valence-corrected chi connectivity index (χ3v) is 2.71. The van der Waals surface area contributed by atoms with E-state index < -0.39 is 0 Å². The van der Waals surface area contributed by atoms with Crippen molar-refractivity contribution in [3.8, 4) is 0 Å². The summed E-state index contributed by atoms with van der Waals surface area (Å²) in [5, 5.41) is 3.18. The summed E-state index contributed by atoms with van der Waals surface area (Å²) in [5.74, 6) is 2.26. The van der Waals surface area contributed by atoms with E-state index >= 15 is 0 Å². The van der Waals surface area contributed by atoms with Gasteiger partial charge in [-0.1, -0.05) is 13.8 Å². The number of nitrogens with one attached hydrogen (secondary N) is 1. The average Bonchev–Trinajstić information content (AvgIpc) is 1.94. The highest BCUT2D eigenvalue weighted by Gasteiger charge is 2.31. The molecule has 78 valence electrons. The van der Waals surface area contributed by atoms with E-state index in [9.17, 15) is 0 Å². The minimum Gasteiger partial charge on any atom is -0.370 e. The molecule has 4 heteroatoms. The van der Waals surface area contributed by atoms with Crippen LogP contribution in [-0.4, -0.2) is 19.0 Å². The van der Waals surface area contributed by atoms with E-state index in [1.165, 1.54) is 12.8 Å². The molecule has 0 spiro atoms. The zero-order valence-corrected chi connectivity index (χ0v) is 10.9. The van der Waals surface area contributed by atoms with Gasteiger partial charge in [-0.25, -0.2) is 0 Å². The van der Waals surface area contributed by atoms with Crippen molar-refractivity contribution in [3.05, 3.63) is 0 Å². The number of guanidine groups is 1. The van der Waals surface area contributed by atoms with Gasteiger partial charge in [-0.2, -0.15) is 0 Å². The average molecular weight is 297 g/mol. The summed E-state index contributed by atoms with van der Waals surface area (Å²) < 4.78 is 0. The fraction of sp³-hybridized carbons (Fsp3) is 0.889. The van der Waals surface area contributed by atoms with Crippen LogP contribution in [0.2, 0.25) is 0 Å². The van der Waals surface area contributed by atoms with E-state index in [1.54, 1.807) is 7.05 Å². The number of aliphatic imine (C=N–C) groups is 1. The van der Waals surface area contributed by atoms with Crippen LogP contribution in [0.3, 0.4) is 0 Å². The summed E-state index contributed by atoms with van der Waals surface area (Å²) in [5.41, 5.74) is 5.54. The summed E-state index contributed by atoms with van der Waals surface area (Å²) >= 11 is 0. The molecule has 0 unspecified atom stereocenters. The fourth-order valence-corrected chi connectivity index (χ4v) is 1.60. The maximum Gasteiger partial charge on any atom is 0.188 e. The third-order valence-electron chi connectivity index (χ3n) is 2.71. The highest BCUT2D eigenvalue weighted by Crippen LogP contribution is 2.33. The quantitative estimate of drug-likeness (QED) is 0.462.